The second-order valence-corrected chi connectivity index (χ2v) is 6.14. The van der Waals surface area contributed by atoms with E-state index < -0.39 is 0 Å². The molecule has 0 N–H and O–H groups in total. The molecule has 0 saturated heterocycles. The normalized spacial score (nSPS) is 15.3. The molecule has 3 rings (SSSR count). The second kappa shape index (κ2) is 6.02. The standard InChI is InChI=1S/C16H21N3S/c1-3-19-9-7-15(17-19)12-18-8-6-13-10-16(20-2)5-4-14(13)11-18/h4-5,7,9-10H,3,6,8,11-12H2,1-2H3. The van der Waals surface area contributed by atoms with E-state index in [9.17, 15) is 0 Å². The average molecular weight is 287 g/mol. The SMILES string of the molecule is CCn1ccc(CN2CCc3cc(SC)ccc3C2)n1. The Kier molecular flexibility index (Phi) is 4.13. The lowest BCUT2D eigenvalue weighted by Crippen LogP contribution is -2.30. The Morgan fingerprint density at radius 3 is 2.90 bits per heavy atom. The molecule has 0 fully saturated rings. The topological polar surface area (TPSA) is 21.1 Å². The van der Waals surface area contributed by atoms with Crippen molar-refractivity contribution in [2.45, 2.75) is 37.9 Å². The molecule has 20 heavy (non-hydrogen) atoms. The minimum atomic E-state index is 0.945. The molecule has 4 heteroatoms. The van der Waals surface area contributed by atoms with E-state index in [0.29, 0.717) is 0 Å². The van der Waals surface area contributed by atoms with Gasteiger partial charge in [0.1, 0.15) is 0 Å². The molecule has 0 bridgehead atoms. The first kappa shape index (κ1) is 13.7. The van der Waals surface area contributed by atoms with Gasteiger partial charge in [-0.1, -0.05) is 6.07 Å². The van der Waals surface area contributed by atoms with Crippen LogP contribution in [0.5, 0.6) is 0 Å². The number of benzene rings is 1. The van der Waals surface area contributed by atoms with Gasteiger partial charge >= 0.3 is 0 Å². The highest BCUT2D eigenvalue weighted by Crippen LogP contribution is 2.25. The Hall–Kier alpha value is -1.26. The molecule has 0 atom stereocenters. The maximum Gasteiger partial charge on any atom is 0.0764 e. The zero-order valence-corrected chi connectivity index (χ0v) is 13.0. The van der Waals surface area contributed by atoms with Crippen molar-refractivity contribution in [3.63, 3.8) is 0 Å². The second-order valence-electron chi connectivity index (χ2n) is 5.26. The molecule has 0 aliphatic carbocycles. The Morgan fingerprint density at radius 1 is 1.25 bits per heavy atom. The van der Waals surface area contributed by atoms with Crippen LogP contribution in [0.2, 0.25) is 0 Å². The summed E-state index contributed by atoms with van der Waals surface area (Å²) in [4.78, 5) is 3.86. The van der Waals surface area contributed by atoms with Gasteiger partial charge in [-0.15, -0.1) is 11.8 Å². The van der Waals surface area contributed by atoms with Crippen LogP contribution in [0.1, 0.15) is 23.7 Å². The van der Waals surface area contributed by atoms with E-state index >= 15 is 0 Å². The lowest BCUT2D eigenvalue weighted by Gasteiger charge is -2.28. The van der Waals surface area contributed by atoms with Gasteiger partial charge in [0.15, 0.2) is 0 Å². The van der Waals surface area contributed by atoms with E-state index in [0.717, 1.165) is 32.6 Å². The Balaban J connectivity index is 1.69. The summed E-state index contributed by atoms with van der Waals surface area (Å²) in [6, 6.07) is 9.01. The monoisotopic (exact) mass is 287 g/mol. The summed E-state index contributed by atoms with van der Waals surface area (Å²) in [7, 11) is 0. The summed E-state index contributed by atoms with van der Waals surface area (Å²) in [5.41, 5.74) is 4.17. The zero-order chi connectivity index (χ0) is 13.9. The maximum atomic E-state index is 4.58. The highest BCUT2D eigenvalue weighted by molar-refractivity contribution is 7.98. The van der Waals surface area contributed by atoms with E-state index in [4.69, 9.17) is 0 Å². The van der Waals surface area contributed by atoms with Gasteiger partial charge in [-0.3, -0.25) is 9.58 Å². The van der Waals surface area contributed by atoms with Crippen molar-refractivity contribution in [1.29, 1.82) is 0 Å². The van der Waals surface area contributed by atoms with Gasteiger partial charge in [-0.2, -0.15) is 5.10 Å². The number of nitrogens with zero attached hydrogens (tertiary/aromatic N) is 3. The summed E-state index contributed by atoms with van der Waals surface area (Å²) in [6.07, 6.45) is 5.36. The van der Waals surface area contributed by atoms with Crippen molar-refractivity contribution >= 4 is 11.8 Å². The largest absolute Gasteiger partial charge is 0.293 e. The fourth-order valence-electron chi connectivity index (χ4n) is 2.74. The van der Waals surface area contributed by atoms with Gasteiger partial charge in [0.2, 0.25) is 0 Å². The Labute approximate surface area is 125 Å². The van der Waals surface area contributed by atoms with Gasteiger partial charge in [0, 0.05) is 37.3 Å². The number of aryl methyl sites for hydroxylation is 1. The quantitative estimate of drug-likeness (QED) is 0.806. The summed E-state index contributed by atoms with van der Waals surface area (Å²) < 4.78 is 2.00. The summed E-state index contributed by atoms with van der Waals surface area (Å²) in [5.74, 6) is 0. The third-order valence-corrected chi connectivity index (χ3v) is 4.64. The molecule has 0 radical (unpaired) electrons. The van der Waals surface area contributed by atoms with E-state index in [2.05, 4.69) is 53.6 Å². The molecule has 3 nitrogen and oxygen atoms in total. The highest BCUT2D eigenvalue weighted by atomic mass is 32.2. The Morgan fingerprint density at radius 2 is 2.15 bits per heavy atom. The first-order chi connectivity index (χ1) is 9.78. The van der Waals surface area contributed by atoms with Crippen LogP contribution in [0.4, 0.5) is 0 Å². The predicted molar refractivity (Wildman–Crippen MR) is 83.9 cm³/mol. The van der Waals surface area contributed by atoms with Crippen molar-refractivity contribution in [3.8, 4) is 0 Å². The number of thioether (sulfide) groups is 1. The first-order valence-electron chi connectivity index (χ1n) is 7.19. The summed E-state index contributed by atoms with van der Waals surface area (Å²) >= 11 is 1.82. The van der Waals surface area contributed by atoms with Crippen LogP contribution in [0, 0.1) is 0 Å². The van der Waals surface area contributed by atoms with Crippen LogP contribution >= 0.6 is 11.8 Å². The van der Waals surface area contributed by atoms with Crippen LogP contribution in [0.15, 0.2) is 35.4 Å². The molecule has 0 saturated carbocycles. The molecule has 0 unspecified atom stereocenters. The predicted octanol–water partition coefficient (Wildman–Crippen LogP) is 3.18. The number of hydrogen-bond donors (Lipinski definition) is 0. The first-order valence-corrected chi connectivity index (χ1v) is 8.41. The van der Waals surface area contributed by atoms with E-state index in [1.54, 1.807) is 0 Å². The molecule has 106 valence electrons. The molecule has 2 aromatic rings. The Bertz CT molecular complexity index is 591. The fraction of sp³-hybridized carbons (Fsp3) is 0.438. The van der Waals surface area contributed by atoms with Crippen molar-refractivity contribution < 1.29 is 0 Å². The molecular formula is C16H21N3S. The number of hydrogen-bond acceptors (Lipinski definition) is 3. The third-order valence-electron chi connectivity index (χ3n) is 3.91. The highest BCUT2D eigenvalue weighted by Gasteiger charge is 2.17. The van der Waals surface area contributed by atoms with E-state index in [-0.39, 0.29) is 0 Å². The van der Waals surface area contributed by atoms with Gasteiger partial charge in [0.05, 0.1) is 5.69 Å². The van der Waals surface area contributed by atoms with Gasteiger partial charge in [0.25, 0.3) is 0 Å². The average Bonchev–Trinajstić information content (AvgIpc) is 2.94. The maximum absolute atomic E-state index is 4.58. The number of aromatic nitrogens is 2. The van der Waals surface area contributed by atoms with Crippen LogP contribution < -0.4 is 0 Å². The molecule has 1 aromatic carbocycles. The minimum absolute atomic E-state index is 0.945. The lowest BCUT2D eigenvalue weighted by molar-refractivity contribution is 0.241. The van der Waals surface area contributed by atoms with E-state index in [1.165, 1.54) is 21.7 Å². The smallest absolute Gasteiger partial charge is 0.0764 e. The zero-order valence-electron chi connectivity index (χ0n) is 12.2. The summed E-state index contributed by atoms with van der Waals surface area (Å²) in [6.45, 7) is 6.20. The van der Waals surface area contributed by atoms with E-state index in [1.807, 2.05) is 16.4 Å². The lowest BCUT2D eigenvalue weighted by atomic mass is 10.00. The van der Waals surface area contributed by atoms with Crippen molar-refractivity contribution in [2.75, 3.05) is 12.8 Å². The molecule has 1 aromatic heterocycles. The fourth-order valence-corrected chi connectivity index (χ4v) is 3.21. The molecule has 2 heterocycles. The van der Waals surface area contributed by atoms with Gasteiger partial charge < -0.3 is 0 Å². The third kappa shape index (κ3) is 2.91. The molecule has 1 aliphatic rings. The van der Waals surface area contributed by atoms with Crippen LogP contribution in [-0.2, 0) is 26.1 Å². The molecule has 0 amide bonds. The molecule has 1 aliphatic heterocycles. The number of fused-ring (bicyclic) bond motifs is 1. The molecular weight excluding hydrogens is 266 g/mol. The van der Waals surface area contributed by atoms with Gasteiger partial charge in [-0.05, 0) is 48.9 Å². The minimum Gasteiger partial charge on any atom is -0.293 e. The summed E-state index contributed by atoms with van der Waals surface area (Å²) in [5, 5.41) is 4.58. The number of rotatable bonds is 4. The van der Waals surface area contributed by atoms with Gasteiger partial charge in [-0.25, -0.2) is 0 Å². The van der Waals surface area contributed by atoms with Crippen LogP contribution in [0.25, 0.3) is 0 Å². The van der Waals surface area contributed by atoms with Crippen molar-refractivity contribution in [1.82, 2.24) is 14.7 Å². The molecule has 0 spiro atoms. The van der Waals surface area contributed by atoms with Crippen LogP contribution in [0.3, 0.4) is 0 Å². The van der Waals surface area contributed by atoms with Crippen LogP contribution in [-0.4, -0.2) is 27.5 Å². The van der Waals surface area contributed by atoms with Crippen molar-refractivity contribution in [3.05, 3.63) is 47.3 Å². The van der Waals surface area contributed by atoms with Crippen molar-refractivity contribution in [2.24, 2.45) is 0 Å².